The van der Waals surface area contributed by atoms with Gasteiger partial charge in [0.2, 0.25) is 0 Å². The van der Waals surface area contributed by atoms with Crippen molar-refractivity contribution in [2.24, 2.45) is 4.99 Å². The lowest BCUT2D eigenvalue weighted by atomic mass is 10.1. The first-order chi connectivity index (χ1) is 12.7. The molecule has 1 saturated heterocycles. The highest BCUT2D eigenvalue weighted by atomic mass is 127. The first kappa shape index (κ1) is 23.8. The van der Waals surface area contributed by atoms with Crippen molar-refractivity contribution in [3.05, 3.63) is 23.8 Å². The van der Waals surface area contributed by atoms with Gasteiger partial charge in [-0.15, -0.1) is 24.0 Å². The van der Waals surface area contributed by atoms with Crippen molar-refractivity contribution in [1.82, 2.24) is 15.5 Å². The molecule has 0 atom stereocenters. The summed E-state index contributed by atoms with van der Waals surface area (Å²) in [5, 5.41) is 16.6. The average Bonchev–Trinajstić information content (AvgIpc) is 2.67. The lowest BCUT2D eigenvalue weighted by Crippen LogP contribution is -2.39. The van der Waals surface area contributed by atoms with Gasteiger partial charge in [-0.3, -0.25) is 9.89 Å². The molecule has 1 heterocycles. The van der Waals surface area contributed by atoms with Crippen LogP contribution in [0.5, 0.6) is 11.5 Å². The van der Waals surface area contributed by atoms with Gasteiger partial charge in [0.05, 0.1) is 20.3 Å². The second kappa shape index (κ2) is 13.8. The smallest absolute Gasteiger partial charge is 0.191 e. The van der Waals surface area contributed by atoms with Crippen LogP contribution in [0.2, 0.25) is 0 Å². The van der Waals surface area contributed by atoms with Crippen molar-refractivity contribution >= 4 is 29.9 Å². The summed E-state index contributed by atoms with van der Waals surface area (Å²) in [4.78, 5) is 7.06. The monoisotopic (exact) mass is 492 g/mol. The summed E-state index contributed by atoms with van der Waals surface area (Å²) < 4.78 is 10.5. The second-order valence-corrected chi connectivity index (χ2v) is 6.24. The van der Waals surface area contributed by atoms with Crippen LogP contribution in [0.4, 0.5) is 0 Å². The highest BCUT2D eigenvalue weighted by Crippen LogP contribution is 2.23. The number of phenolic OH excluding ortho intramolecular Hbond substituents is 1. The number of phenols is 1. The number of halogens is 1. The molecule has 1 aromatic rings. The second-order valence-electron chi connectivity index (χ2n) is 6.24. The van der Waals surface area contributed by atoms with E-state index < -0.39 is 0 Å². The Morgan fingerprint density at radius 3 is 2.74 bits per heavy atom. The van der Waals surface area contributed by atoms with Crippen molar-refractivity contribution in [3.8, 4) is 11.5 Å². The van der Waals surface area contributed by atoms with E-state index in [-0.39, 0.29) is 29.7 Å². The number of aliphatic imine (C=N–C) groups is 1. The number of nitrogens with one attached hydrogen (secondary N) is 2. The van der Waals surface area contributed by atoms with E-state index in [0.29, 0.717) is 18.7 Å². The van der Waals surface area contributed by atoms with Gasteiger partial charge < -0.3 is 25.2 Å². The van der Waals surface area contributed by atoms with Gasteiger partial charge in [0.15, 0.2) is 5.96 Å². The van der Waals surface area contributed by atoms with Crippen molar-refractivity contribution in [2.45, 2.75) is 19.8 Å². The molecule has 1 aromatic carbocycles. The van der Waals surface area contributed by atoms with Crippen LogP contribution in [0, 0.1) is 0 Å². The number of methoxy groups -OCH3 is 1. The van der Waals surface area contributed by atoms with E-state index in [9.17, 15) is 5.11 Å². The molecule has 0 amide bonds. The summed E-state index contributed by atoms with van der Waals surface area (Å²) in [6, 6.07) is 5.39. The molecule has 7 nitrogen and oxygen atoms in total. The molecular weight excluding hydrogens is 459 g/mol. The SMILES string of the molecule is CCNC(=NCCCN1CCOCC1)NCCc1ccc(OC)cc1O.I. The molecule has 1 fully saturated rings. The van der Waals surface area contributed by atoms with E-state index in [1.807, 2.05) is 12.1 Å². The molecule has 3 N–H and O–H groups in total. The minimum atomic E-state index is 0. The van der Waals surface area contributed by atoms with Crippen LogP contribution in [0.25, 0.3) is 0 Å². The topological polar surface area (TPSA) is 78.4 Å². The Bertz CT molecular complexity index is 566. The normalized spacial score (nSPS) is 15.1. The number of rotatable bonds is 9. The van der Waals surface area contributed by atoms with Crippen LogP contribution in [-0.2, 0) is 11.2 Å². The number of hydrogen-bond donors (Lipinski definition) is 3. The molecule has 154 valence electrons. The Balaban J connectivity index is 0.00000364. The van der Waals surface area contributed by atoms with Gasteiger partial charge >= 0.3 is 0 Å². The zero-order chi connectivity index (χ0) is 18.6. The fourth-order valence-electron chi connectivity index (χ4n) is 2.85. The van der Waals surface area contributed by atoms with Crippen molar-refractivity contribution in [2.75, 3.05) is 59.6 Å². The lowest BCUT2D eigenvalue weighted by molar-refractivity contribution is 0.0377. The van der Waals surface area contributed by atoms with E-state index in [2.05, 4.69) is 27.4 Å². The Morgan fingerprint density at radius 1 is 1.30 bits per heavy atom. The first-order valence-electron chi connectivity index (χ1n) is 9.41. The number of benzene rings is 1. The minimum Gasteiger partial charge on any atom is -0.508 e. The fourth-order valence-corrected chi connectivity index (χ4v) is 2.85. The average molecular weight is 492 g/mol. The van der Waals surface area contributed by atoms with Crippen LogP contribution in [0.1, 0.15) is 18.9 Å². The number of guanidine groups is 1. The minimum absolute atomic E-state index is 0. The maximum Gasteiger partial charge on any atom is 0.191 e. The molecule has 8 heteroatoms. The molecule has 0 bridgehead atoms. The van der Waals surface area contributed by atoms with E-state index in [1.165, 1.54) is 0 Å². The quantitative estimate of drug-likeness (QED) is 0.212. The van der Waals surface area contributed by atoms with Crippen LogP contribution >= 0.6 is 24.0 Å². The summed E-state index contributed by atoms with van der Waals surface area (Å²) >= 11 is 0. The Labute approximate surface area is 179 Å². The zero-order valence-corrected chi connectivity index (χ0v) is 18.7. The van der Waals surface area contributed by atoms with Gasteiger partial charge in [-0.1, -0.05) is 6.07 Å². The third-order valence-electron chi connectivity index (χ3n) is 4.33. The van der Waals surface area contributed by atoms with E-state index in [4.69, 9.17) is 9.47 Å². The third-order valence-corrected chi connectivity index (χ3v) is 4.33. The van der Waals surface area contributed by atoms with Crippen LogP contribution < -0.4 is 15.4 Å². The molecule has 0 saturated carbocycles. The molecule has 0 radical (unpaired) electrons. The molecule has 27 heavy (non-hydrogen) atoms. The van der Waals surface area contributed by atoms with Gasteiger partial charge in [0.25, 0.3) is 0 Å². The maximum absolute atomic E-state index is 10.0. The Hall–Kier alpha value is -1.26. The van der Waals surface area contributed by atoms with Crippen LogP contribution in [0.3, 0.4) is 0 Å². The molecule has 0 spiro atoms. The summed E-state index contributed by atoms with van der Waals surface area (Å²) in [7, 11) is 1.59. The van der Waals surface area contributed by atoms with Crippen molar-refractivity contribution < 1.29 is 14.6 Å². The summed E-state index contributed by atoms with van der Waals surface area (Å²) in [5.41, 5.74) is 0.890. The molecular formula is C19H33IN4O3. The van der Waals surface area contributed by atoms with Gasteiger partial charge in [-0.25, -0.2) is 0 Å². The van der Waals surface area contributed by atoms with Gasteiger partial charge in [-0.2, -0.15) is 0 Å². The maximum atomic E-state index is 10.0. The molecule has 2 rings (SSSR count). The van der Waals surface area contributed by atoms with Gasteiger partial charge in [0, 0.05) is 45.3 Å². The molecule has 0 aromatic heterocycles. The van der Waals surface area contributed by atoms with Crippen LogP contribution in [-0.4, -0.2) is 75.6 Å². The predicted molar refractivity (Wildman–Crippen MR) is 120 cm³/mol. The number of nitrogens with zero attached hydrogens (tertiary/aromatic N) is 2. The summed E-state index contributed by atoms with van der Waals surface area (Å²) in [6.45, 7) is 9.16. The Morgan fingerprint density at radius 2 is 2.07 bits per heavy atom. The Kier molecular flexibility index (Phi) is 12.2. The fraction of sp³-hybridized carbons (Fsp3) is 0.632. The number of aromatic hydroxyl groups is 1. The standard InChI is InChI=1S/C19H32N4O3.HI/c1-3-20-19(21-8-4-10-23-11-13-26-14-12-23)22-9-7-16-5-6-17(25-2)15-18(16)24;/h5-6,15,24H,3-4,7-14H2,1-2H3,(H2,20,21,22);1H. The van der Waals surface area contributed by atoms with Gasteiger partial charge in [0.1, 0.15) is 11.5 Å². The van der Waals surface area contributed by atoms with Crippen molar-refractivity contribution in [3.63, 3.8) is 0 Å². The lowest BCUT2D eigenvalue weighted by Gasteiger charge is -2.26. The largest absolute Gasteiger partial charge is 0.508 e. The van der Waals surface area contributed by atoms with E-state index in [1.54, 1.807) is 13.2 Å². The zero-order valence-electron chi connectivity index (χ0n) is 16.4. The van der Waals surface area contributed by atoms with E-state index >= 15 is 0 Å². The van der Waals surface area contributed by atoms with Gasteiger partial charge in [-0.05, 0) is 31.4 Å². The van der Waals surface area contributed by atoms with E-state index in [0.717, 1.165) is 63.9 Å². The molecule has 0 aliphatic carbocycles. The highest BCUT2D eigenvalue weighted by Gasteiger charge is 2.09. The molecule has 1 aliphatic heterocycles. The molecule has 1 aliphatic rings. The predicted octanol–water partition coefficient (Wildman–Crippen LogP) is 1.84. The number of hydrogen-bond acceptors (Lipinski definition) is 5. The van der Waals surface area contributed by atoms with Crippen LogP contribution in [0.15, 0.2) is 23.2 Å². The van der Waals surface area contributed by atoms with Crippen molar-refractivity contribution in [1.29, 1.82) is 0 Å². The number of ether oxygens (including phenoxy) is 2. The highest BCUT2D eigenvalue weighted by molar-refractivity contribution is 14.0. The third kappa shape index (κ3) is 8.98. The first-order valence-corrected chi connectivity index (χ1v) is 9.41. The molecule has 0 unspecified atom stereocenters. The number of morpholine rings is 1. The summed E-state index contributed by atoms with van der Waals surface area (Å²) in [5.74, 6) is 1.75. The summed E-state index contributed by atoms with van der Waals surface area (Å²) in [6.07, 6.45) is 1.75.